The lowest BCUT2D eigenvalue weighted by Crippen LogP contribution is -2.39. The molecule has 0 unspecified atom stereocenters. The van der Waals surface area contributed by atoms with Crippen molar-refractivity contribution in [3.05, 3.63) is 38.8 Å². The van der Waals surface area contributed by atoms with Crippen LogP contribution in [0.2, 0.25) is 5.15 Å². The second kappa shape index (κ2) is 7.68. The van der Waals surface area contributed by atoms with Crippen LogP contribution in [0.25, 0.3) is 0 Å². The molecule has 2 aromatic rings. The highest BCUT2D eigenvalue weighted by molar-refractivity contribution is 7.13. The van der Waals surface area contributed by atoms with Crippen LogP contribution in [0, 0.1) is 6.92 Å². The summed E-state index contributed by atoms with van der Waals surface area (Å²) in [6, 6.07) is 3.48. The molecule has 0 aliphatic carbocycles. The van der Waals surface area contributed by atoms with Crippen molar-refractivity contribution in [1.82, 2.24) is 19.6 Å². The van der Waals surface area contributed by atoms with Gasteiger partial charge in [0.25, 0.3) is 11.7 Å². The predicted octanol–water partition coefficient (Wildman–Crippen LogP) is 2.36. The summed E-state index contributed by atoms with van der Waals surface area (Å²) in [5, 5.41) is 6.81. The van der Waals surface area contributed by atoms with Gasteiger partial charge in [-0.25, -0.2) is 0 Å². The lowest BCUT2D eigenvalue weighted by Gasteiger charge is -2.21. The summed E-state index contributed by atoms with van der Waals surface area (Å²) in [6.45, 7) is 5.39. The Balaban J connectivity index is 1.62. The Hall–Kier alpha value is -1.70. The molecule has 0 atom stereocenters. The largest absolute Gasteiger partial charge is 0.334 e. The maximum Gasteiger partial charge on any atom is 0.295 e. The number of carbonyl (C=O) groups excluding carboxylic acids is 2. The van der Waals surface area contributed by atoms with Gasteiger partial charge in [-0.3, -0.25) is 19.2 Å². The number of thiophene rings is 1. The Morgan fingerprint density at radius 1 is 1.28 bits per heavy atom. The van der Waals surface area contributed by atoms with Crippen LogP contribution in [-0.2, 0) is 18.4 Å². The van der Waals surface area contributed by atoms with Gasteiger partial charge in [0.1, 0.15) is 5.15 Å². The summed E-state index contributed by atoms with van der Waals surface area (Å²) in [5.74, 6) is -0.811. The first-order valence-electron chi connectivity index (χ1n) is 8.25. The normalized spacial score (nSPS) is 16.0. The molecule has 0 spiro atoms. The number of Topliss-reactive ketones (excluding diaryl/α,β-unsaturated/α-hetero) is 1. The van der Waals surface area contributed by atoms with Crippen LogP contribution in [0.1, 0.15) is 27.3 Å². The first-order chi connectivity index (χ1) is 12.0. The van der Waals surface area contributed by atoms with Crippen molar-refractivity contribution in [2.24, 2.45) is 7.05 Å². The van der Waals surface area contributed by atoms with Crippen molar-refractivity contribution in [3.63, 3.8) is 0 Å². The number of carbonyl (C=O) groups is 2. The fourth-order valence-electron chi connectivity index (χ4n) is 3.07. The molecule has 25 heavy (non-hydrogen) atoms. The lowest BCUT2D eigenvalue weighted by molar-refractivity contribution is -0.126. The van der Waals surface area contributed by atoms with Gasteiger partial charge in [-0.1, -0.05) is 17.7 Å². The van der Waals surface area contributed by atoms with E-state index in [1.807, 2.05) is 19.4 Å². The number of rotatable bonds is 4. The maximum atomic E-state index is 12.5. The molecule has 0 bridgehead atoms. The number of aromatic nitrogens is 2. The molecule has 1 aliphatic rings. The average Bonchev–Trinajstić information content (AvgIpc) is 3.12. The first kappa shape index (κ1) is 18.1. The van der Waals surface area contributed by atoms with Crippen LogP contribution in [0.15, 0.2) is 17.5 Å². The van der Waals surface area contributed by atoms with Crippen LogP contribution in [0.4, 0.5) is 0 Å². The first-order valence-corrected chi connectivity index (χ1v) is 9.50. The van der Waals surface area contributed by atoms with E-state index in [1.54, 1.807) is 21.7 Å². The van der Waals surface area contributed by atoms with Crippen LogP contribution in [0.5, 0.6) is 0 Å². The van der Waals surface area contributed by atoms with E-state index >= 15 is 0 Å². The third kappa shape index (κ3) is 3.94. The van der Waals surface area contributed by atoms with Gasteiger partial charge in [0.2, 0.25) is 0 Å². The Kier molecular flexibility index (Phi) is 5.56. The van der Waals surface area contributed by atoms with Gasteiger partial charge in [-0.15, -0.1) is 11.3 Å². The van der Waals surface area contributed by atoms with Crippen LogP contribution in [-0.4, -0.2) is 57.4 Å². The minimum Gasteiger partial charge on any atom is -0.334 e. The molecule has 8 heteroatoms. The van der Waals surface area contributed by atoms with Crippen LogP contribution >= 0.6 is 22.9 Å². The minimum atomic E-state index is -0.408. The van der Waals surface area contributed by atoms with Crippen molar-refractivity contribution in [1.29, 1.82) is 0 Å². The number of amides is 1. The standard InChI is InChI=1S/C17H21ClN4O2S/c1-12-13(16(18)20(2)19-12)11-21-6-4-7-22(9-8-21)17(24)15(23)14-5-3-10-25-14/h3,5,10H,4,6-9,11H2,1-2H3. The summed E-state index contributed by atoms with van der Waals surface area (Å²) < 4.78 is 1.68. The molecular weight excluding hydrogens is 360 g/mol. The molecule has 3 heterocycles. The Bertz CT molecular complexity index is 772. The molecule has 3 rings (SSSR count). The van der Waals surface area contributed by atoms with E-state index in [0.29, 0.717) is 36.2 Å². The summed E-state index contributed by atoms with van der Waals surface area (Å²) in [6.07, 6.45) is 0.834. The van der Waals surface area contributed by atoms with E-state index in [1.165, 1.54) is 11.3 Å². The zero-order valence-electron chi connectivity index (χ0n) is 14.4. The van der Waals surface area contributed by atoms with E-state index in [2.05, 4.69) is 10.00 Å². The lowest BCUT2D eigenvalue weighted by atomic mass is 10.2. The van der Waals surface area contributed by atoms with Crippen LogP contribution < -0.4 is 0 Å². The van der Waals surface area contributed by atoms with Gasteiger partial charge in [0.05, 0.1) is 10.6 Å². The minimum absolute atomic E-state index is 0.403. The average molecular weight is 381 g/mol. The van der Waals surface area contributed by atoms with E-state index in [-0.39, 0.29) is 0 Å². The fourth-order valence-corrected chi connectivity index (χ4v) is 3.96. The topological polar surface area (TPSA) is 58.4 Å². The summed E-state index contributed by atoms with van der Waals surface area (Å²) in [7, 11) is 1.83. The third-order valence-corrected chi connectivity index (χ3v) is 5.81. The number of aryl methyl sites for hydroxylation is 2. The second-order valence-electron chi connectivity index (χ2n) is 6.21. The van der Waals surface area contributed by atoms with Crippen molar-refractivity contribution in [2.75, 3.05) is 26.2 Å². The zero-order valence-corrected chi connectivity index (χ0v) is 15.9. The van der Waals surface area contributed by atoms with E-state index in [0.717, 1.165) is 24.2 Å². The SMILES string of the molecule is Cc1nn(C)c(Cl)c1CN1CCCN(C(=O)C(=O)c2cccs2)CC1. The van der Waals surface area contributed by atoms with E-state index in [9.17, 15) is 9.59 Å². The Morgan fingerprint density at radius 3 is 2.72 bits per heavy atom. The highest BCUT2D eigenvalue weighted by Gasteiger charge is 2.26. The molecule has 1 aliphatic heterocycles. The molecule has 1 amide bonds. The molecule has 134 valence electrons. The molecule has 2 aromatic heterocycles. The van der Waals surface area contributed by atoms with Crippen molar-refractivity contribution >= 4 is 34.6 Å². The predicted molar refractivity (Wildman–Crippen MR) is 98.1 cm³/mol. The number of halogens is 1. The Labute approximate surface area is 156 Å². The quantitative estimate of drug-likeness (QED) is 0.603. The molecular formula is C17H21ClN4O2S. The smallest absolute Gasteiger partial charge is 0.295 e. The summed E-state index contributed by atoms with van der Waals surface area (Å²) in [4.78, 5) is 29.1. The molecule has 6 nitrogen and oxygen atoms in total. The monoisotopic (exact) mass is 380 g/mol. The number of hydrogen-bond donors (Lipinski definition) is 0. The van der Waals surface area contributed by atoms with E-state index in [4.69, 9.17) is 11.6 Å². The second-order valence-corrected chi connectivity index (χ2v) is 7.51. The van der Waals surface area contributed by atoms with Crippen molar-refractivity contribution in [2.45, 2.75) is 19.9 Å². The maximum absolute atomic E-state index is 12.5. The summed E-state index contributed by atoms with van der Waals surface area (Å²) in [5.41, 5.74) is 1.95. The molecule has 0 radical (unpaired) electrons. The molecule has 1 fully saturated rings. The van der Waals surface area contributed by atoms with Gasteiger partial charge in [-0.2, -0.15) is 5.10 Å². The molecule has 0 saturated carbocycles. The molecule has 0 N–H and O–H groups in total. The highest BCUT2D eigenvalue weighted by atomic mass is 35.5. The van der Waals surface area contributed by atoms with Gasteiger partial charge in [0, 0.05) is 45.3 Å². The zero-order chi connectivity index (χ0) is 18.0. The van der Waals surface area contributed by atoms with Crippen molar-refractivity contribution < 1.29 is 9.59 Å². The Morgan fingerprint density at radius 2 is 2.08 bits per heavy atom. The highest BCUT2D eigenvalue weighted by Crippen LogP contribution is 2.21. The number of nitrogens with zero attached hydrogens (tertiary/aromatic N) is 4. The van der Waals surface area contributed by atoms with Gasteiger partial charge >= 0.3 is 0 Å². The molecule has 1 saturated heterocycles. The molecule has 0 aromatic carbocycles. The summed E-state index contributed by atoms with van der Waals surface area (Å²) >= 11 is 7.62. The third-order valence-electron chi connectivity index (χ3n) is 4.47. The number of hydrogen-bond acceptors (Lipinski definition) is 5. The van der Waals surface area contributed by atoms with Gasteiger partial charge in [-0.05, 0) is 24.8 Å². The van der Waals surface area contributed by atoms with Gasteiger partial charge in [0.15, 0.2) is 0 Å². The van der Waals surface area contributed by atoms with Gasteiger partial charge < -0.3 is 4.90 Å². The van der Waals surface area contributed by atoms with Crippen molar-refractivity contribution in [3.8, 4) is 0 Å². The number of ketones is 1. The van der Waals surface area contributed by atoms with E-state index < -0.39 is 11.7 Å². The fraction of sp³-hybridized carbons (Fsp3) is 0.471. The van der Waals surface area contributed by atoms with Crippen LogP contribution in [0.3, 0.4) is 0 Å².